The maximum atomic E-state index is 13.6. The fourth-order valence-electron chi connectivity index (χ4n) is 2.40. The normalized spacial score (nSPS) is 11.5. The van der Waals surface area contributed by atoms with Crippen molar-refractivity contribution in [3.05, 3.63) is 42.3 Å². The van der Waals surface area contributed by atoms with Crippen LogP contribution in [0.15, 0.2) is 36.5 Å². The lowest BCUT2D eigenvalue weighted by atomic mass is 10.1. The minimum absolute atomic E-state index is 0.0259. The van der Waals surface area contributed by atoms with Crippen LogP contribution in [0.1, 0.15) is 0 Å². The number of hydrogen-bond acceptors (Lipinski definition) is 6. The van der Waals surface area contributed by atoms with Crippen molar-refractivity contribution >= 4 is 27.3 Å². The Morgan fingerprint density at radius 3 is 2.77 bits per heavy atom. The molecule has 0 spiro atoms. The van der Waals surface area contributed by atoms with Crippen LogP contribution in [0.25, 0.3) is 16.8 Å². The van der Waals surface area contributed by atoms with Crippen LogP contribution in [0.3, 0.4) is 0 Å². The SMILES string of the molecule is COc1ccc(F)cc1-c1ccc2nc(NC(=O)CS(C)(=O)=O)nn2c1. The number of aromatic nitrogens is 3. The molecule has 0 aliphatic heterocycles. The summed E-state index contributed by atoms with van der Waals surface area (Å²) in [4.78, 5) is 15.8. The molecule has 0 aliphatic carbocycles. The van der Waals surface area contributed by atoms with Gasteiger partial charge in [0.25, 0.3) is 0 Å². The predicted octanol–water partition coefficient (Wildman–Crippen LogP) is 1.53. The lowest BCUT2D eigenvalue weighted by molar-refractivity contribution is -0.113. The number of nitrogens with zero attached hydrogens (tertiary/aromatic N) is 3. The number of carbonyl (C=O) groups excluding carboxylic acids is 1. The highest BCUT2D eigenvalue weighted by Crippen LogP contribution is 2.30. The Hall–Kier alpha value is -3.01. The van der Waals surface area contributed by atoms with Gasteiger partial charge in [0.15, 0.2) is 15.5 Å². The zero-order valence-electron chi connectivity index (χ0n) is 13.9. The molecule has 26 heavy (non-hydrogen) atoms. The van der Waals surface area contributed by atoms with Gasteiger partial charge >= 0.3 is 0 Å². The Morgan fingerprint density at radius 1 is 1.31 bits per heavy atom. The van der Waals surface area contributed by atoms with Crippen molar-refractivity contribution in [1.29, 1.82) is 0 Å². The molecule has 0 unspecified atom stereocenters. The van der Waals surface area contributed by atoms with Crippen LogP contribution in [0, 0.1) is 5.82 Å². The molecule has 3 aromatic rings. The first-order chi connectivity index (χ1) is 12.2. The topological polar surface area (TPSA) is 103 Å². The lowest BCUT2D eigenvalue weighted by Crippen LogP contribution is -2.22. The summed E-state index contributed by atoms with van der Waals surface area (Å²) in [6.45, 7) is 0. The number of sulfone groups is 1. The van der Waals surface area contributed by atoms with Crippen LogP contribution >= 0.6 is 0 Å². The van der Waals surface area contributed by atoms with E-state index in [9.17, 15) is 17.6 Å². The van der Waals surface area contributed by atoms with Gasteiger partial charge in [-0.25, -0.2) is 17.3 Å². The van der Waals surface area contributed by atoms with E-state index in [-0.39, 0.29) is 5.95 Å². The number of nitrogens with one attached hydrogen (secondary N) is 1. The minimum Gasteiger partial charge on any atom is -0.496 e. The van der Waals surface area contributed by atoms with Crippen molar-refractivity contribution in [2.45, 2.75) is 0 Å². The van der Waals surface area contributed by atoms with E-state index in [1.165, 1.54) is 29.8 Å². The highest BCUT2D eigenvalue weighted by molar-refractivity contribution is 7.91. The van der Waals surface area contributed by atoms with E-state index in [2.05, 4.69) is 15.4 Å². The maximum absolute atomic E-state index is 13.6. The van der Waals surface area contributed by atoms with Crippen molar-refractivity contribution in [3.63, 3.8) is 0 Å². The molecule has 3 rings (SSSR count). The van der Waals surface area contributed by atoms with Gasteiger partial charge in [-0.1, -0.05) is 0 Å². The van der Waals surface area contributed by atoms with Crippen LogP contribution in [0.4, 0.5) is 10.3 Å². The standard InChI is InChI=1S/C16H15FN4O4S/c1-25-13-5-4-11(17)7-12(13)10-3-6-14-18-16(20-21(14)8-10)19-15(22)9-26(2,23)24/h3-8H,9H2,1-2H3,(H,19,20,22). The van der Waals surface area contributed by atoms with Gasteiger partial charge in [0.1, 0.15) is 17.3 Å². The van der Waals surface area contributed by atoms with Gasteiger partial charge < -0.3 is 4.74 Å². The predicted molar refractivity (Wildman–Crippen MR) is 93.3 cm³/mol. The number of hydrogen-bond donors (Lipinski definition) is 1. The van der Waals surface area contributed by atoms with Gasteiger partial charge in [-0.05, 0) is 30.3 Å². The van der Waals surface area contributed by atoms with E-state index in [1.54, 1.807) is 18.3 Å². The fraction of sp³-hybridized carbons (Fsp3) is 0.188. The van der Waals surface area contributed by atoms with E-state index in [1.807, 2.05) is 0 Å². The number of benzene rings is 1. The first-order valence-corrected chi connectivity index (χ1v) is 9.49. The fourth-order valence-corrected chi connectivity index (χ4v) is 2.95. The van der Waals surface area contributed by atoms with E-state index < -0.39 is 27.3 Å². The van der Waals surface area contributed by atoms with E-state index in [0.29, 0.717) is 22.5 Å². The smallest absolute Gasteiger partial charge is 0.249 e. The summed E-state index contributed by atoms with van der Waals surface area (Å²) < 4.78 is 42.5. The minimum atomic E-state index is -3.45. The highest BCUT2D eigenvalue weighted by atomic mass is 32.2. The van der Waals surface area contributed by atoms with Gasteiger partial charge in [-0.2, -0.15) is 4.98 Å². The van der Waals surface area contributed by atoms with Crippen molar-refractivity contribution in [2.24, 2.45) is 0 Å². The summed E-state index contributed by atoms with van der Waals surface area (Å²) in [6, 6.07) is 7.51. The van der Waals surface area contributed by atoms with Crippen molar-refractivity contribution < 1.29 is 22.3 Å². The molecule has 0 radical (unpaired) electrons. The number of methoxy groups -OCH3 is 1. The Bertz CT molecular complexity index is 1090. The molecule has 10 heteroatoms. The first-order valence-electron chi connectivity index (χ1n) is 7.43. The summed E-state index contributed by atoms with van der Waals surface area (Å²) in [5.41, 5.74) is 1.60. The molecular formula is C16H15FN4O4S. The molecular weight excluding hydrogens is 363 g/mol. The van der Waals surface area contributed by atoms with E-state index in [4.69, 9.17) is 4.74 Å². The third-order valence-electron chi connectivity index (χ3n) is 3.45. The average Bonchev–Trinajstić information content (AvgIpc) is 2.93. The van der Waals surface area contributed by atoms with Gasteiger partial charge in [0, 0.05) is 23.6 Å². The zero-order chi connectivity index (χ0) is 18.9. The molecule has 136 valence electrons. The molecule has 0 aliphatic rings. The van der Waals surface area contributed by atoms with Crippen molar-refractivity contribution in [3.8, 4) is 16.9 Å². The monoisotopic (exact) mass is 378 g/mol. The largest absolute Gasteiger partial charge is 0.496 e. The molecule has 1 aromatic carbocycles. The van der Waals surface area contributed by atoms with Gasteiger partial charge in [0.2, 0.25) is 11.9 Å². The van der Waals surface area contributed by atoms with E-state index >= 15 is 0 Å². The quantitative estimate of drug-likeness (QED) is 0.722. The molecule has 0 bridgehead atoms. The second-order valence-corrected chi connectivity index (χ2v) is 7.76. The number of fused-ring (bicyclic) bond motifs is 1. The summed E-state index contributed by atoms with van der Waals surface area (Å²) in [5, 5.41) is 6.42. The maximum Gasteiger partial charge on any atom is 0.249 e. The van der Waals surface area contributed by atoms with Gasteiger partial charge in [-0.15, -0.1) is 5.10 Å². The summed E-state index contributed by atoms with van der Waals surface area (Å²) in [7, 11) is -1.97. The number of ether oxygens (including phenoxy) is 1. The van der Waals surface area contributed by atoms with E-state index in [0.717, 1.165) is 6.26 Å². The molecule has 1 amide bonds. The Balaban J connectivity index is 1.93. The Labute approximate surface area is 148 Å². The Kier molecular flexibility index (Phi) is 4.60. The highest BCUT2D eigenvalue weighted by Gasteiger charge is 2.14. The summed E-state index contributed by atoms with van der Waals surface area (Å²) >= 11 is 0. The first kappa shape index (κ1) is 17.8. The number of halogens is 1. The molecule has 0 atom stereocenters. The zero-order valence-corrected chi connectivity index (χ0v) is 14.7. The second kappa shape index (κ2) is 6.71. The van der Waals surface area contributed by atoms with Crippen molar-refractivity contribution in [2.75, 3.05) is 24.4 Å². The number of amides is 1. The number of pyridine rings is 1. The van der Waals surface area contributed by atoms with Gasteiger partial charge in [0.05, 0.1) is 7.11 Å². The average molecular weight is 378 g/mol. The van der Waals surface area contributed by atoms with Crippen LogP contribution in [-0.2, 0) is 14.6 Å². The number of rotatable bonds is 5. The molecule has 0 saturated carbocycles. The molecule has 1 N–H and O–H groups in total. The third kappa shape index (κ3) is 3.97. The van der Waals surface area contributed by atoms with Crippen LogP contribution in [-0.4, -0.2) is 48.0 Å². The second-order valence-electron chi connectivity index (χ2n) is 5.62. The summed E-state index contributed by atoms with van der Waals surface area (Å²) in [5.74, 6) is -1.33. The summed E-state index contributed by atoms with van der Waals surface area (Å²) in [6.07, 6.45) is 2.56. The number of carbonyl (C=O) groups is 1. The van der Waals surface area contributed by atoms with Crippen LogP contribution < -0.4 is 10.1 Å². The van der Waals surface area contributed by atoms with Gasteiger partial charge in [-0.3, -0.25) is 10.1 Å². The molecule has 2 heterocycles. The number of anilines is 1. The molecule has 2 aromatic heterocycles. The molecule has 0 saturated heterocycles. The Morgan fingerprint density at radius 2 is 2.08 bits per heavy atom. The van der Waals surface area contributed by atoms with Crippen LogP contribution in [0.2, 0.25) is 0 Å². The molecule has 0 fully saturated rings. The lowest BCUT2D eigenvalue weighted by Gasteiger charge is -2.08. The van der Waals surface area contributed by atoms with Crippen molar-refractivity contribution in [1.82, 2.24) is 14.6 Å². The van der Waals surface area contributed by atoms with Crippen LogP contribution in [0.5, 0.6) is 5.75 Å². The molecule has 8 nitrogen and oxygen atoms in total. The third-order valence-corrected chi connectivity index (χ3v) is 4.23.